The summed E-state index contributed by atoms with van der Waals surface area (Å²) in [4.78, 5) is 5.14. The van der Waals surface area contributed by atoms with E-state index in [1.165, 1.54) is 35.2 Å². The maximum atomic E-state index is 13.1. The first-order chi connectivity index (χ1) is 16.3. The molecule has 0 radical (unpaired) electrons. The van der Waals surface area contributed by atoms with Crippen molar-refractivity contribution in [2.45, 2.75) is 71.9 Å². The Hall–Kier alpha value is -2.17. The van der Waals surface area contributed by atoms with E-state index in [4.69, 9.17) is 5.73 Å². The van der Waals surface area contributed by atoms with Crippen LogP contribution in [0.25, 0.3) is 0 Å². The van der Waals surface area contributed by atoms with Gasteiger partial charge in [-0.2, -0.15) is 0 Å². The molecule has 1 aliphatic heterocycles. The van der Waals surface area contributed by atoms with Crippen molar-refractivity contribution in [3.8, 4) is 0 Å². The van der Waals surface area contributed by atoms with E-state index in [-0.39, 0.29) is 11.9 Å². The summed E-state index contributed by atoms with van der Waals surface area (Å²) in [5, 5.41) is 0. The Bertz CT molecular complexity index is 876. The van der Waals surface area contributed by atoms with E-state index >= 15 is 0 Å². The predicted octanol–water partition coefficient (Wildman–Crippen LogP) is 6.22. The van der Waals surface area contributed by atoms with Crippen molar-refractivity contribution in [2.24, 2.45) is 11.7 Å². The van der Waals surface area contributed by atoms with Gasteiger partial charge in [0.15, 0.2) is 0 Å². The van der Waals surface area contributed by atoms with Gasteiger partial charge in [0.25, 0.3) is 0 Å². The molecule has 2 aromatic carbocycles. The number of allylic oxidation sites excluding steroid dienone is 1. The van der Waals surface area contributed by atoms with E-state index in [0.29, 0.717) is 12.0 Å². The largest absolute Gasteiger partial charge is 0.365 e. The van der Waals surface area contributed by atoms with E-state index in [0.717, 1.165) is 45.4 Å². The second kappa shape index (κ2) is 13.1. The fraction of sp³-hybridized carbons (Fsp3) is 0.533. The molecule has 3 rings (SSSR count). The lowest BCUT2D eigenvalue weighted by molar-refractivity contribution is 0.193. The molecule has 1 heterocycles. The second-order valence-corrected chi connectivity index (χ2v) is 10.6. The van der Waals surface area contributed by atoms with Gasteiger partial charge in [-0.05, 0) is 87.3 Å². The lowest BCUT2D eigenvalue weighted by Crippen LogP contribution is -2.48. The molecule has 0 bridgehead atoms. The minimum Gasteiger partial charge on any atom is -0.365 e. The maximum absolute atomic E-state index is 13.1. The van der Waals surface area contributed by atoms with Crippen molar-refractivity contribution >= 4 is 5.69 Å². The average Bonchev–Trinajstić information content (AvgIpc) is 2.80. The second-order valence-electron chi connectivity index (χ2n) is 10.6. The van der Waals surface area contributed by atoms with Crippen LogP contribution in [0.2, 0.25) is 0 Å². The van der Waals surface area contributed by atoms with Crippen LogP contribution in [0.5, 0.6) is 0 Å². The summed E-state index contributed by atoms with van der Waals surface area (Å²) >= 11 is 0. The highest BCUT2D eigenvalue weighted by Crippen LogP contribution is 2.25. The first-order valence-electron chi connectivity index (χ1n) is 13.0. The zero-order chi connectivity index (χ0) is 24.5. The van der Waals surface area contributed by atoms with Crippen molar-refractivity contribution in [1.29, 1.82) is 0 Å². The number of halogens is 1. The normalized spacial score (nSPS) is 16.0. The molecule has 0 aliphatic carbocycles. The Morgan fingerprint density at radius 3 is 2.09 bits per heavy atom. The van der Waals surface area contributed by atoms with Crippen molar-refractivity contribution < 1.29 is 4.39 Å². The molecule has 2 aromatic rings. The topological polar surface area (TPSA) is 32.5 Å². The zero-order valence-corrected chi connectivity index (χ0v) is 21.6. The van der Waals surface area contributed by atoms with Gasteiger partial charge in [0.2, 0.25) is 0 Å². The number of rotatable bonds is 11. The molecule has 34 heavy (non-hydrogen) atoms. The number of benzene rings is 2. The van der Waals surface area contributed by atoms with E-state index in [2.05, 4.69) is 67.8 Å². The zero-order valence-electron chi connectivity index (χ0n) is 21.6. The van der Waals surface area contributed by atoms with Gasteiger partial charge < -0.3 is 15.5 Å². The van der Waals surface area contributed by atoms with E-state index in [1.54, 1.807) is 12.1 Å². The summed E-state index contributed by atoms with van der Waals surface area (Å²) in [6.07, 6.45) is 7.69. The van der Waals surface area contributed by atoms with Crippen molar-refractivity contribution in [3.63, 3.8) is 0 Å². The van der Waals surface area contributed by atoms with Gasteiger partial charge in [0, 0.05) is 44.0 Å². The van der Waals surface area contributed by atoms with Crippen LogP contribution in [0, 0.1) is 11.7 Å². The number of anilines is 1. The minimum atomic E-state index is -0.172. The molecule has 1 aliphatic rings. The highest BCUT2D eigenvalue weighted by Gasteiger charge is 2.25. The third-order valence-electron chi connectivity index (χ3n) is 6.84. The molecule has 2 N–H and O–H groups in total. The van der Waals surface area contributed by atoms with Crippen molar-refractivity contribution in [2.75, 3.05) is 31.1 Å². The SMILES string of the molecule is CC(C)=CCN(c1ccc(CCc2ccc(F)cc2)cc1)C1CCN(CC(N)CC(C)C)CC1. The molecule has 3 nitrogen and oxygen atoms in total. The van der Waals surface area contributed by atoms with E-state index in [1.807, 2.05) is 12.1 Å². The highest BCUT2D eigenvalue weighted by atomic mass is 19.1. The first kappa shape index (κ1) is 26.4. The van der Waals surface area contributed by atoms with E-state index in [9.17, 15) is 4.39 Å². The van der Waals surface area contributed by atoms with Crippen LogP contribution in [-0.2, 0) is 12.8 Å². The van der Waals surface area contributed by atoms with Gasteiger partial charge in [-0.1, -0.05) is 49.8 Å². The third-order valence-corrected chi connectivity index (χ3v) is 6.84. The molecule has 0 spiro atoms. The molecule has 186 valence electrons. The molecular formula is C30H44FN3. The van der Waals surface area contributed by atoms with Crippen LogP contribution in [0.1, 0.15) is 58.1 Å². The van der Waals surface area contributed by atoms with Gasteiger partial charge in [-0.25, -0.2) is 4.39 Å². The molecule has 4 heteroatoms. The lowest BCUT2D eigenvalue weighted by Gasteiger charge is -2.40. The summed E-state index contributed by atoms with van der Waals surface area (Å²) in [6.45, 7) is 13.1. The van der Waals surface area contributed by atoms with Gasteiger partial charge in [0.1, 0.15) is 5.82 Å². The maximum Gasteiger partial charge on any atom is 0.123 e. The molecule has 0 amide bonds. The standard InChI is InChI=1S/C30H44FN3/c1-23(2)15-20-34(30-16-18-33(19-17-30)22-28(32)21-24(3)4)29-13-9-26(10-14-29)6-5-25-7-11-27(31)12-8-25/h7-15,24,28,30H,5-6,16-22,32H2,1-4H3. The van der Waals surface area contributed by atoms with Crippen molar-refractivity contribution in [1.82, 2.24) is 4.90 Å². The highest BCUT2D eigenvalue weighted by molar-refractivity contribution is 5.49. The number of likely N-dealkylation sites (tertiary alicyclic amines) is 1. The number of nitrogens with zero attached hydrogens (tertiary/aromatic N) is 2. The molecule has 0 aromatic heterocycles. The fourth-order valence-corrected chi connectivity index (χ4v) is 4.97. The average molecular weight is 466 g/mol. The Labute approximate surface area is 206 Å². The fourth-order valence-electron chi connectivity index (χ4n) is 4.97. The third kappa shape index (κ3) is 8.56. The molecule has 1 atom stereocenters. The van der Waals surface area contributed by atoms with Gasteiger partial charge in [-0.15, -0.1) is 0 Å². The Morgan fingerprint density at radius 2 is 1.56 bits per heavy atom. The number of piperidine rings is 1. The number of hydrogen-bond donors (Lipinski definition) is 1. The van der Waals surface area contributed by atoms with Gasteiger partial charge >= 0.3 is 0 Å². The molecule has 1 saturated heterocycles. The quantitative estimate of drug-likeness (QED) is 0.400. The Kier molecular flexibility index (Phi) is 10.2. The van der Waals surface area contributed by atoms with Crippen LogP contribution in [-0.4, -0.2) is 43.2 Å². The van der Waals surface area contributed by atoms with Crippen LogP contribution in [0.15, 0.2) is 60.2 Å². The number of hydrogen-bond acceptors (Lipinski definition) is 3. The van der Waals surface area contributed by atoms with Crippen LogP contribution < -0.4 is 10.6 Å². The van der Waals surface area contributed by atoms with E-state index < -0.39 is 0 Å². The molecule has 0 saturated carbocycles. The number of nitrogens with two attached hydrogens (primary N) is 1. The molecule has 1 fully saturated rings. The van der Waals surface area contributed by atoms with Gasteiger partial charge in [-0.3, -0.25) is 0 Å². The summed E-state index contributed by atoms with van der Waals surface area (Å²) in [6, 6.07) is 16.8. The summed E-state index contributed by atoms with van der Waals surface area (Å²) < 4.78 is 13.1. The molecule has 1 unspecified atom stereocenters. The summed E-state index contributed by atoms with van der Waals surface area (Å²) in [5.41, 5.74) is 11.5. The first-order valence-corrected chi connectivity index (χ1v) is 13.0. The Balaban J connectivity index is 1.59. The van der Waals surface area contributed by atoms with Crippen LogP contribution in [0.4, 0.5) is 10.1 Å². The lowest BCUT2D eigenvalue weighted by atomic mass is 9.99. The monoisotopic (exact) mass is 465 g/mol. The van der Waals surface area contributed by atoms with Crippen molar-refractivity contribution in [3.05, 3.63) is 77.1 Å². The summed E-state index contributed by atoms with van der Waals surface area (Å²) in [7, 11) is 0. The Morgan fingerprint density at radius 1 is 1.00 bits per heavy atom. The smallest absolute Gasteiger partial charge is 0.123 e. The summed E-state index contributed by atoms with van der Waals surface area (Å²) in [5.74, 6) is 0.486. The minimum absolute atomic E-state index is 0.172. The predicted molar refractivity (Wildman–Crippen MR) is 144 cm³/mol. The molecular weight excluding hydrogens is 421 g/mol. The van der Waals surface area contributed by atoms with Crippen LogP contribution >= 0.6 is 0 Å². The van der Waals surface area contributed by atoms with Crippen LogP contribution in [0.3, 0.4) is 0 Å². The van der Waals surface area contributed by atoms with Gasteiger partial charge in [0.05, 0.1) is 0 Å². The number of aryl methyl sites for hydroxylation is 2.